The molecule has 0 amide bonds. The summed E-state index contributed by atoms with van der Waals surface area (Å²) < 4.78 is 0. The minimum absolute atomic E-state index is 0.267. The summed E-state index contributed by atoms with van der Waals surface area (Å²) in [5, 5.41) is 21.5. The lowest BCUT2D eigenvalue weighted by Gasteiger charge is -2.27. The van der Waals surface area contributed by atoms with Crippen LogP contribution >= 0.6 is 12.6 Å². The second kappa shape index (κ2) is 37.7. The SMILES string of the molecule is CCCCCCCCCCCCCCCCC(O)CN(CCCCS)CC(O)CCCCCCCCCCCCCCCC. The third kappa shape index (κ3) is 35.1. The molecule has 3 nitrogen and oxygen atoms in total. The molecule has 0 aliphatic carbocycles. The van der Waals surface area contributed by atoms with Crippen LogP contribution in [0.4, 0.5) is 0 Å². The summed E-state index contributed by atoms with van der Waals surface area (Å²) in [6, 6.07) is 0. The van der Waals surface area contributed by atoms with Crippen LogP contribution in [-0.4, -0.2) is 52.7 Å². The first-order valence-electron chi connectivity index (χ1n) is 20.3. The Balaban J connectivity index is 3.79. The van der Waals surface area contributed by atoms with Gasteiger partial charge in [0.15, 0.2) is 0 Å². The molecule has 2 atom stereocenters. The third-order valence-electron chi connectivity index (χ3n) is 9.60. The Morgan fingerprint density at radius 3 is 0.932 bits per heavy atom. The summed E-state index contributed by atoms with van der Waals surface area (Å²) in [6.45, 7) is 6.96. The standard InChI is InChI=1S/C40H83NO2S/c1-3-5-7-9-11-13-15-17-19-21-23-25-27-29-33-39(42)37-41(35-31-32-36-44)38-40(43)34-30-28-26-24-22-20-18-16-14-12-10-8-6-4-2/h39-40,42-44H,3-38H2,1-2H3. The molecule has 0 rings (SSSR count). The summed E-state index contributed by atoms with van der Waals surface area (Å²) in [5.74, 6) is 0.914. The highest BCUT2D eigenvalue weighted by Crippen LogP contribution is 2.16. The van der Waals surface area contributed by atoms with Gasteiger partial charge in [0.2, 0.25) is 0 Å². The van der Waals surface area contributed by atoms with E-state index in [4.69, 9.17) is 0 Å². The summed E-state index contributed by atoms with van der Waals surface area (Å²) in [5.41, 5.74) is 0. The van der Waals surface area contributed by atoms with Gasteiger partial charge >= 0.3 is 0 Å². The van der Waals surface area contributed by atoms with Gasteiger partial charge in [-0.15, -0.1) is 0 Å². The summed E-state index contributed by atoms with van der Waals surface area (Å²) in [6.07, 6.45) is 41.8. The molecule has 0 aromatic rings. The molecule has 0 aliphatic heterocycles. The maximum absolute atomic E-state index is 10.8. The van der Waals surface area contributed by atoms with E-state index >= 15 is 0 Å². The van der Waals surface area contributed by atoms with Gasteiger partial charge in [0.1, 0.15) is 0 Å². The van der Waals surface area contributed by atoms with Crippen LogP contribution in [0.15, 0.2) is 0 Å². The number of aliphatic hydroxyl groups is 2. The Morgan fingerprint density at radius 2 is 0.659 bits per heavy atom. The number of hydrogen-bond donors (Lipinski definition) is 3. The average molecular weight is 642 g/mol. The van der Waals surface area contributed by atoms with Gasteiger partial charge in [0.25, 0.3) is 0 Å². The van der Waals surface area contributed by atoms with E-state index in [2.05, 4.69) is 31.4 Å². The van der Waals surface area contributed by atoms with Gasteiger partial charge in [0, 0.05) is 13.1 Å². The summed E-state index contributed by atoms with van der Waals surface area (Å²) in [4.78, 5) is 2.33. The smallest absolute Gasteiger partial charge is 0.0667 e. The Morgan fingerprint density at radius 1 is 0.386 bits per heavy atom. The Kier molecular flexibility index (Phi) is 37.9. The Bertz CT molecular complexity index is 480. The van der Waals surface area contributed by atoms with E-state index in [9.17, 15) is 10.2 Å². The molecule has 0 spiro atoms. The molecule has 0 heterocycles. The third-order valence-corrected chi connectivity index (χ3v) is 9.92. The van der Waals surface area contributed by atoms with Crippen LogP contribution in [-0.2, 0) is 0 Å². The molecule has 0 radical (unpaired) electrons. The lowest BCUT2D eigenvalue weighted by molar-refractivity contribution is 0.0599. The topological polar surface area (TPSA) is 43.7 Å². The average Bonchev–Trinajstić information content (AvgIpc) is 3.01. The molecular weight excluding hydrogens is 559 g/mol. The molecule has 4 heteroatoms. The van der Waals surface area contributed by atoms with Crippen molar-refractivity contribution in [3.8, 4) is 0 Å². The van der Waals surface area contributed by atoms with E-state index in [1.54, 1.807) is 0 Å². The van der Waals surface area contributed by atoms with Crippen LogP contribution in [0.1, 0.15) is 219 Å². The van der Waals surface area contributed by atoms with E-state index in [-0.39, 0.29) is 12.2 Å². The largest absolute Gasteiger partial charge is 0.392 e. The van der Waals surface area contributed by atoms with Gasteiger partial charge in [-0.2, -0.15) is 12.6 Å². The van der Waals surface area contributed by atoms with E-state index < -0.39 is 0 Å². The highest BCUT2D eigenvalue weighted by Gasteiger charge is 2.15. The molecule has 0 aliphatic rings. The van der Waals surface area contributed by atoms with Gasteiger partial charge in [-0.25, -0.2) is 0 Å². The number of aliphatic hydroxyl groups excluding tert-OH is 2. The van der Waals surface area contributed by atoms with Crippen LogP contribution in [0.25, 0.3) is 0 Å². The van der Waals surface area contributed by atoms with Crippen LogP contribution in [0.3, 0.4) is 0 Å². The van der Waals surface area contributed by atoms with Crippen LogP contribution < -0.4 is 0 Å². The maximum atomic E-state index is 10.8. The molecule has 44 heavy (non-hydrogen) atoms. The number of thiol groups is 1. The van der Waals surface area contributed by atoms with Crippen molar-refractivity contribution in [1.82, 2.24) is 4.90 Å². The van der Waals surface area contributed by atoms with Gasteiger partial charge in [-0.3, -0.25) is 4.90 Å². The molecule has 2 N–H and O–H groups in total. The number of unbranched alkanes of at least 4 members (excludes halogenated alkanes) is 27. The first kappa shape index (κ1) is 44.2. The van der Waals surface area contributed by atoms with E-state index in [1.807, 2.05) is 0 Å². The lowest BCUT2D eigenvalue weighted by atomic mass is 10.0. The van der Waals surface area contributed by atoms with Crippen molar-refractivity contribution in [2.45, 2.75) is 232 Å². The van der Waals surface area contributed by atoms with Crippen LogP contribution in [0.5, 0.6) is 0 Å². The second-order valence-electron chi connectivity index (χ2n) is 14.3. The summed E-state index contributed by atoms with van der Waals surface area (Å²) >= 11 is 4.38. The Labute approximate surface area is 283 Å². The maximum Gasteiger partial charge on any atom is 0.0667 e. The normalized spacial score (nSPS) is 13.2. The van der Waals surface area contributed by atoms with Crippen molar-refractivity contribution in [2.75, 3.05) is 25.4 Å². The fourth-order valence-electron chi connectivity index (χ4n) is 6.63. The highest BCUT2D eigenvalue weighted by atomic mass is 32.1. The van der Waals surface area contributed by atoms with Crippen molar-refractivity contribution in [3.63, 3.8) is 0 Å². The molecular formula is C40H83NO2S. The highest BCUT2D eigenvalue weighted by molar-refractivity contribution is 7.80. The monoisotopic (exact) mass is 642 g/mol. The molecule has 0 aromatic carbocycles. The van der Waals surface area contributed by atoms with Gasteiger partial charge < -0.3 is 10.2 Å². The minimum Gasteiger partial charge on any atom is -0.392 e. The number of rotatable bonds is 38. The van der Waals surface area contributed by atoms with Crippen molar-refractivity contribution >= 4 is 12.6 Å². The fraction of sp³-hybridized carbons (Fsp3) is 1.00. The molecule has 0 saturated heterocycles. The first-order valence-corrected chi connectivity index (χ1v) is 21.0. The van der Waals surface area contributed by atoms with Crippen molar-refractivity contribution in [2.24, 2.45) is 0 Å². The van der Waals surface area contributed by atoms with Gasteiger partial charge in [-0.1, -0.05) is 194 Å². The zero-order valence-corrected chi connectivity index (χ0v) is 31.3. The van der Waals surface area contributed by atoms with Crippen LogP contribution in [0.2, 0.25) is 0 Å². The molecule has 266 valence electrons. The lowest BCUT2D eigenvalue weighted by Crippen LogP contribution is -2.38. The number of hydrogen-bond acceptors (Lipinski definition) is 4. The van der Waals surface area contributed by atoms with Gasteiger partial charge in [0.05, 0.1) is 12.2 Å². The molecule has 0 saturated carbocycles. The van der Waals surface area contributed by atoms with Crippen molar-refractivity contribution in [3.05, 3.63) is 0 Å². The predicted molar refractivity (Wildman–Crippen MR) is 201 cm³/mol. The van der Waals surface area contributed by atoms with Crippen molar-refractivity contribution in [1.29, 1.82) is 0 Å². The fourth-order valence-corrected chi connectivity index (χ4v) is 6.86. The van der Waals surface area contributed by atoms with Crippen LogP contribution in [0, 0.1) is 0 Å². The molecule has 0 bridgehead atoms. The van der Waals surface area contributed by atoms with E-state index in [1.165, 1.54) is 167 Å². The second-order valence-corrected chi connectivity index (χ2v) is 14.7. The zero-order chi connectivity index (χ0) is 32.2. The van der Waals surface area contributed by atoms with E-state index in [0.717, 1.165) is 50.8 Å². The first-order chi connectivity index (χ1) is 21.6. The predicted octanol–water partition coefficient (Wildman–Crippen LogP) is 12.5. The Hall–Kier alpha value is 0.230. The van der Waals surface area contributed by atoms with E-state index in [0.29, 0.717) is 13.1 Å². The quantitative estimate of drug-likeness (QED) is 0.0464. The number of nitrogens with zero attached hydrogens (tertiary/aromatic N) is 1. The zero-order valence-electron chi connectivity index (χ0n) is 30.4. The summed E-state index contributed by atoms with van der Waals surface area (Å²) in [7, 11) is 0. The van der Waals surface area contributed by atoms with Crippen molar-refractivity contribution < 1.29 is 10.2 Å². The minimum atomic E-state index is -0.267. The molecule has 0 fully saturated rings. The molecule has 0 aromatic heterocycles. The molecule has 2 unspecified atom stereocenters. The van der Waals surface area contributed by atoms with Gasteiger partial charge in [-0.05, 0) is 38.0 Å².